The van der Waals surface area contributed by atoms with Crippen LogP contribution in [0.25, 0.3) is 0 Å². The molecule has 1 N–H and O–H groups in total. The number of nitrogens with one attached hydrogen (secondary N) is 1. The predicted octanol–water partition coefficient (Wildman–Crippen LogP) is 2.97. The van der Waals surface area contributed by atoms with Crippen molar-refractivity contribution in [1.82, 2.24) is 4.90 Å². The van der Waals surface area contributed by atoms with Gasteiger partial charge in [0, 0.05) is 18.2 Å². The normalized spacial score (nSPS) is 19.3. The maximum atomic E-state index is 12.0. The lowest BCUT2D eigenvalue weighted by Crippen LogP contribution is -2.68. The first-order valence-electron chi connectivity index (χ1n) is 9.28. The molecule has 2 saturated heterocycles. The van der Waals surface area contributed by atoms with E-state index in [9.17, 15) is 4.79 Å². The Morgan fingerprint density at radius 1 is 1.30 bits per heavy atom. The van der Waals surface area contributed by atoms with E-state index in [4.69, 9.17) is 19.5 Å². The van der Waals surface area contributed by atoms with Gasteiger partial charge in [0.1, 0.15) is 5.60 Å². The monoisotopic (exact) mass is 373 g/mol. The van der Waals surface area contributed by atoms with Crippen LogP contribution in [0.1, 0.15) is 32.8 Å². The van der Waals surface area contributed by atoms with E-state index in [1.54, 1.807) is 17.0 Å². The van der Waals surface area contributed by atoms with Gasteiger partial charge in [0.15, 0.2) is 0 Å². The molecule has 2 fully saturated rings. The van der Waals surface area contributed by atoms with Crippen molar-refractivity contribution in [3.05, 3.63) is 29.8 Å². The molecule has 2 aliphatic heterocycles. The van der Waals surface area contributed by atoms with E-state index in [2.05, 4.69) is 11.4 Å². The smallest absolute Gasteiger partial charge is 0.410 e. The predicted molar refractivity (Wildman–Crippen MR) is 100 cm³/mol. The summed E-state index contributed by atoms with van der Waals surface area (Å²) in [5.74, 6) is -0.342. The van der Waals surface area contributed by atoms with Crippen LogP contribution in [0.2, 0.25) is 0 Å². The summed E-state index contributed by atoms with van der Waals surface area (Å²) in [6, 6.07) is 9.51. The van der Waals surface area contributed by atoms with Crippen LogP contribution >= 0.6 is 0 Å². The summed E-state index contributed by atoms with van der Waals surface area (Å²) < 4.78 is 17.2. The standard InChI is InChI=1S/C20H27N3O4/c1-19(2,3)27-18(24)23-13-20(14-23)25-11-16(12-26-20)8-9-22-17-6-4-15(10-21)5-7-17/h4-7,16,22H,8-9,11-14H2,1-3H3. The molecule has 2 aliphatic rings. The van der Waals surface area contributed by atoms with E-state index in [-0.39, 0.29) is 6.09 Å². The quantitative estimate of drug-likeness (QED) is 0.874. The van der Waals surface area contributed by atoms with Crippen LogP contribution in [0.5, 0.6) is 0 Å². The van der Waals surface area contributed by atoms with Crippen LogP contribution in [0, 0.1) is 17.2 Å². The van der Waals surface area contributed by atoms with Crippen LogP contribution in [-0.4, -0.2) is 55.2 Å². The van der Waals surface area contributed by atoms with E-state index in [1.807, 2.05) is 32.9 Å². The van der Waals surface area contributed by atoms with E-state index in [0.717, 1.165) is 18.7 Å². The maximum absolute atomic E-state index is 12.0. The first-order valence-corrected chi connectivity index (χ1v) is 9.28. The number of carbonyl (C=O) groups excluding carboxylic acids is 1. The zero-order valence-electron chi connectivity index (χ0n) is 16.2. The zero-order chi connectivity index (χ0) is 19.5. The highest BCUT2D eigenvalue weighted by Gasteiger charge is 2.51. The SMILES string of the molecule is CC(C)(C)OC(=O)N1CC2(C1)OCC(CCNc1ccc(C#N)cc1)CO2. The highest BCUT2D eigenvalue weighted by Crippen LogP contribution is 2.33. The highest BCUT2D eigenvalue weighted by molar-refractivity contribution is 5.69. The minimum Gasteiger partial charge on any atom is -0.444 e. The van der Waals surface area contributed by atoms with Crippen molar-refractivity contribution in [2.75, 3.05) is 38.2 Å². The van der Waals surface area contributed by atoms with Gasteiger partial charge in [-0.1, -0.05) is 0 Å². The second-order valence-electron chi connectivity index (χ2n) is 8.14. The van der Waals surface area contributed by atoms with Crippen LogP contribution < -0.4 is 5.32 Å². The molecule has 0 bridgehead atoms. The van der Waals surface area contributed by atoms with Crippen molar-refractivity contribution < 1.29 is 19.0 Å². The molecule has 0 atom stereocenters. The van der Waals surface area contributed by atoms with Crippen molar-refractivity contribution in [2.45, 2.75) is 38.6 Å². The van der Waals surface area contributed by atoms with E-state index in [1.165, 1.54) is 0 Å². The number of nitrogens with zero attached hydrogens (tertiary/aromatic N) is 2. The number of nitriles is 1. The topological polar surface area (TPSA) is 83.8 Å². The van der Waals surface area contributed by atoms with Gasteiger partial charge in [-0.2, -0.15) is 5.26 Å². The van der Waals surface area contributed by atoms with Gasteiger partial charge in [0.2, 0.25) is 5.79 Å². The Labute approximate surface area is 160 Å². The Bertz CT molecular complexity index is 689. The molecule has 3 rings (SSSR count). The maximum Gasteiger partial charge on any atom is 0.410 e. The Balaban J connectivity index is 1.35. The van der Waals surface area contributed by atoms with Crippen LogP contribution in [-0.2, 0) is 14.2 Å². The van der Waals surface area contributed by atoms with Gasteiger partial charge in [-0.05, 0) is 51.5 Å². The molecular weight excluding hydrogens is 346 g/mol. The van der Waals surface area contributed by atoms with Gasteiger partial charge in [-0.3, -0.25) is 4.90 Å². The Morgan fingerprint density at radius 2 is 1.93 bits per heavy atom. The van der Waals surface area contributed by atoms with Crippen molar-refractivity contribution >= 4 is 11.8 Å². The molecule has 1 spiro atoms. The van der Waals surface area contributed by atoms with Crippen molar-refractivity contribution in [3.8, 4) is 6.07 Å². The fourth-order valence-corrected chi connectivity index (χ4v) is 3.05. The summed E-state index contributed by atoms with van der Waals surface area (Å²) in [6.07, 6.45) is 0.598. The van der Waals surface area contributed by atoms with Crippen molar-refractivity contribution in [1.29, 1.82) is 5.26 Å². The average molecular weight is 373 g/mol. The van der Waals surface area contributed by atoms with E-state index < -0.39 is 11.4 Å². The third-order valence-electron chi connectivity index (χ3n) is 4.58. The molecule has 1 amide bonds. The van der Waals surface area contributed by atoms with Gasteiger partial charge in [-0.15, -0.1) is 0 Å². The van der Waals surface area contributed by atoms with E-state index in [0.29, 0.717) is 37.8 Å². The van der Waals surface area contributed by atoms with E-state index >= 15 is 0 Å². The zero-order valence-corrected chi connectivity index (χ0v) is 16.2. The van der Waals surface area contributed by atoms with Gasteiger partial charge in [0.25, 0.3) is 0 Å². The highest BCUT2D eigenvalue weighted by atomic mass is 16.7. The fourth-order valence-electron chi connectivity index (χ4n) is 3.05. The third kappa shape index (κ3) is 5.12. The second kappa shape index (κ2) is 7.75. The number of amides is 1. The van der Waals surface area contributed by atoms with Crippen LogP contribution in [0.4, 0.5) is 10.5 Å². The average Bonchev–Trinajstić information content (AvgIpc) is 2.59. The Kier molecular flexibility index (Phi) is 5.59. The molecular formula is C20H27N3O4. The molecule has 1 aromatic carbocycles. The van der Waals surface area contributed by atoms with Gasteiger partial charge in [0.05, 0.1) is 37.9 Å². The van der Waals surface area contributed by atoms with Crippen molar-refractivity contribution in [3.63, 3.8) is 0 Å². The first-order chi connectivity index (χ1) is 12.8. The van der Waals surface area contributed by atoms with Crippen LogP contribution in [0.15, 0.2) is 24.3 Å². The Morgan fingerprint density at radius 3 is 2.48 bits per heavy atom. The van der Waals surface area contributed by atoms with Crippen molar-refractivity contribution in [2.24, 2.45) is 5.92 Å². The van der Waals surface area contributed by atoms with Gasteiger partial charge < -0.3 is 19.5 Å². The number of rotatable bonds is 4. The summed E-state index contributed by atoms with van der Waals surface area (Å²) in [5, 5.41) is 12.2. The minimum atomic E-state index is -0.659. The fraction of sp³-hybridized carbons (Fsp3) is 0.600. The molecule has 0 aliphatic carbocycles. The molecule has 0 saturated carbocycles. The summed E-state index contributed by atoms with van der Waals surface area (Å²) in [7, 11) is 0. The summed E-state index contributed by atoms with van der Waals surface area (Å²) in [4.78, 5) is 13.6. The minimum absolute atomic E-state index is 0.317. The molecule has 0 radical (unpaired) electrons. The lowest BCUT2D eigenvalue weighted by Gasteiger charge is -2.51. The molecule has 1 aromatic rings. The first kappa shape index (κ1) is 19.5. The number of ether oxygens (including phenoxy) is 3. The second-order valence-corrected chi connectivity index (χ2v) is 8.14. The number of likely N-dealkylation sites (tertiary alicyclic amines) is 1. The largest absolute Gasteiger partial charge is 0.444 e. The van der Waals surface area contributed by atoms with Gasteiger partial charge >= 0.3 is 6.09 Å². The molecule has 7 heteroatoms. The van der Waals surface area contributed by atoms with Gasteiger partial charge in [-0.25, -0.2) is 4.79 Å². The molecule has 0 unspecified atom stereocenters. The summed E-state index contributed by atoms with van der Waals surface area (Å²) in [5.41, 5.74) is 1.15. The Hall–Kier alpha value is -2.30. The molecule has 2 heterocycles. The van der Waals surface area contributed by atoms with Crippen LogP contribution in [0.3, 0.4) is 0 Å². The lowest BCUT2D eigenvalue weighted by molar-refractivity contribution is -0.327. The lowest BCUT2D eigenvalue weighted by atomic mass is 10.0. The molecule has 146 valence electrons. The number of benzene rings is 1. The number of hydrogen-bond acceptors (Lipinski definition) is 6. The third-order valence-corrected chi connectivity index (χ3v) is 4.58. The molecule has 27 heavy (non-hydrogen) atoms. The number of anilines is 1. The summed E-state index contributed by atoms with van der Waals surface area (Å²) in [6.45, 7) is 8.44. The number of carbonyl (C=O) groups is 1. The molecule has 0 aromatic heterocycles. The molecule has 7 nitrogen and oxygen atoms in total. The summed E-state index contributed by atoms with van der Waals surface area (Å²) >= 11 is 0. The number of hydrogen-bond donors (Lipinski definition) is 1.